The molecule has 1 aromatic heterocycles. The third kappa shape index (κ3) is 3.25. The highest BCUT2D eigenvalue weighted by Gasteiger charge is 2.43. The first-order valence-electron chi connectivity index (χ1n) is 7.33. The van der Waals surface area contributed by atoms with E-state index in [9.17, 15) is 4.79 Å². The van der Waals surface area contributed by atoms with Crippen molar-refractivity contribution >= 4 is 11.6 Å². The molecule has 8 nitrogen and oxygen atoms in total. The first-order valence-corrected chi connectivity index (χ1v) is 7.33. The molecule has 2 saturated heterocycles. The van der Waals surface area contributed by atoms with E-state index in [1.165, 1.54) is 6.33 Å². The number of aliphatic hydroxyl groups excluding tert-OH is 1. The number of β-amino-alcohol motifs (C(OH)–C–C–N with tert-alkyl or cyclic N) is 1. The second-order valence-corrected chi connectivity index (χ2v) is 5.60. The van der Waals surface area contributed by atoms with E-state index in [0.29, 0.717) is 38.5 Å². The Morgan fingerprint density at radius 3 is 2.91 bits per heavy atom. The molecule has 8 heteroatoms. The lowest BCUT2D eigenvalue weighted by atomic mass is 10.0. The van der Waals surface area contributed by atoms with Gasteiger partial charge in [0.1, 0.15) is 18.5 Å². The smallest absolute Gasteiger partial charge is 0.253 e. The average Bonchev–Trinajstić information content (AvgIpc) is 2.74. The minimum Gasteiger partial charge on any atom is -0.395 e. The van der Waals surface area contributed by atoms with Crippen LogP contribution in [0.25, 0.3) is 0 Å². The highest BCUT2D eigenvalue weighted by atomic mass is 16.6. The maximum atomic E-state index is 12.2. The largest absolute Gasteiger partial charge is 0.395 e. The lowest BCUT2D eigenvalue weighted by Gasteiger charge is -2.42. The Hall–Kier alpha value is -1.61. The molecule has 1 spiro atoms. The number of carbonyl (C=O) groups is 1. The monoisotopic (exact) mass is 308 g/mol. The van der Waals surface area contributed by atoms with Crippen LogP contribution in [0.4, 0.5) is 5.69 Å². The minimum absolute atomic E-state index is 0.00518. The summed E-state index contributed by atoms with van der Waals surface area (Å²) in [6.45, 7) is 3.42. The molecule has 0 bridgehead atoms. The van der Waals surface area contributed by atoms with Crippen LogP contribution in [-0.2, 0) is 14.3 Å². The van der Waals surface area contributed by atoms with Gasteiger partial charge in [0.05, 0.1) is 44.4 Å². The van der Waals surface area contributed by atoms with Crippen LogP contribution in [0.3, 0.4) is 0 Å². The number of amides is 1. The molecule has 0 radical (unpaired) electrons. The van der Waals surface area contributed by atoms with Gasteiger partial charge in [-0.2, -0.15) is 0 Å². The number of anilines is 1. The highest BCUT2D eigenvalue weighted by Crippen LogP contribution is 2.26. The Morgan fingerprint density at radius 2 is 2.14 bits per heavy atom. The fourth-order valence-corrected chi connectivity index (χ4v) is 2.88. The summed E-state index contributed by atoms with van der Waals surface area (Å²) in [7, 11) is 0. The number of hydrogen-bond acceptors (Lipinski definition) is 7. The molecule has 120 valence electrons. The fourth-order valence-electron chi connectivity index (χ4n) is 2.88. The van der Waals surface area contributed by atoms with Gasteiger partial charge in [0.2, 0.25) is 0 Å². The molecule has 0 aromatic carbocycles. The Bertz CT molecular complexity index is 515. The first-order chi connectivity index (χ1) is 10.7. The van der Waals surface area contributed by atoms with Gasteiger partial charge >= 0.3 is 0 Å². The fraction of sp³-hybridized carbons (Fsp3) is 0.643. The van der Waals surface area contributed by atoms with Gasteiger partial charge in [-0.15, -0.1) is 0 Å². The van der Waals surface area contributed by atoms with E-state index in [0.717, 1.165) is 6.54 Å². The van der Waals surface area contributed by atoms with Crippen molar-refractivity contribution in [1.82, 2.24) is 14.9 Å². The predicted octanol–water partition coefficient (Wildman–Crippen LogP) is -1.10. The van der Waals surface area contributed by atoms with E-state index >= 15 is 0 Å². The summed E-state index contributed by atoms with van der Waals surface area (Å²) >= 11 is 0. The highest BCUT2D eigenvalue weighted by molar-refractivity contribution is 5.94. The Labute approximate surface area is 128 Å². The second kappa shape index (κ2) is 6.66. The summed E-state index contributed by atoms with van der Waals surface area (Å²) in [5, 5.41) is 9.16. The molecule has 2 aliphatic rings. The lowest BCUT2D eigenvalue weighted by Crippen LogP contribution is -2.61. The van der Waals surface area contributed by atoms with Crippen molar-refractivity contribution in [3.63, 3.8) is 0 Å². The van der Waals surface area contributed by atoms with E-state index in [1.54, 1.807) is 17.3 Å². The molecule has 1 atom stereocenters. The Balaban J connectivity index is 1.80. The van der Waals surface area contributed by atoms with Crippen LogP contribution < -0.4 is 4.90 Å². The molecular formula is C14H20N4O4. The van der Waals surface area contributed by atoms with Gasteiger partial charge in [-0.05, 0) is 0 Å². The van der Waals surface area contributed by atoms with Gasteiger partial charge < -0.3 is 19.5 Å². The van der Waals surface area contributed by atoms with Crippen LogP contribution in [0.5, 0.6) is 0 Å². The van der Waals surface area contributed by atoms with Gasteiger partial charge in [0.25, 0.3) is 5.91 Å². The molecule has 0 aliphatic carbocycles. The molecule has 1 amide bonds. The van der Waals surface area contributed by atoms with Crippen LogP contribution in [-0.4, -0.2) is 84.1 Å². The Morgan fingerprint density at radius 1 is 1.32 bits per heavy atom. The summed E-state index contributed by atoms with van der Waals surface area (Å²) in [6, 6.07) is 0. The topological polar surface area (TPSA) is 88.0 Å². The number of rotatable bonds is 3. The van der Waals surface area contributed by atoms with Crippen LogP contribution in [0.1, 0.15) is 0 Å². The van der Waals surface area contributed by atoms with Crippen molar-refractivity contribution in [1.29, 1.82) is 0 Å². The number of hydrogen-bond donors (Lipinski definition) is 1. The molecule has 1 aromatic rings. The van der Waals surface area contributed by atoms with Crippen molar-refractivity contribution in [2.45, 2.75) is 5.60 Å². The average molecular weight is 308 g/mol. The summed E-state index contributed by atoms with van der Waals surface area (Å²) < 4.78 is 11.5. The summed E-state index contributed by atoms with van der Waals surface area (Å²) in [5.74, 6) is -0.113. The molecule has 0 unspecified atom stereocenters. The van der Waals surface area contributed by atoms with Crippen LogP contribution in [0.2, 0.25) is 0 Å². The zero-order valence-electron chi connectivity index (χ0n) is 12.3. The number of morpholine rings is 1. The van der Waals surface area contributed by atoms with Crippen molar-refractivity contribution in [2.75, 3.05) is 57.5 Å². The Kier molecular flexibility index (Phi) is 4.63. The van der Waals surface area contributed by atoms with E-state index < -0.39 is 5.60 Å². The maximum absolute atomic E-state index is 12.2. The predicted molar refractivity (Wildman–Crippen MR) is 77.4 cm³/mol. The molecule has 2 fully saturated rings. The van der Waals surface area contributed by atoms with E-state index in [2.05, 4.69) is 14.9 Å². The number of carbonyl (C=O) groups excluding carboxylic acids is 1. The standard InChI is InChI=1S/C14H20N4O4/c19-3-1-17-2-4-21-10-14(8-17)9-18(13(20)7-22-14)12-5-15-11-16-6-12/h5-6,11,19H,1-4,7-10H2/t14-/m0/s1. The zero-order chi connectivity index (χ0) is 15.4. The number of ether oxygens (including phenoxy) is 2. The zero-order valence-corrected chi connectivity index (χ0v) is 12.3. The molecule has 3 heterocycles. The van der Waals surface area contributed by atoms with E-state index in [1.807, 2.05) is 0 Å². The van der Waals surface area contributed by atoms with E-state index in [-0.39, 0.29) is 19.1 Å². The molecule has 0 saturated carbocycles. The SMILES string of the molecule is O=C1CO[C@]2(COCCN(CCO)C2)CN1c1cncnc1. The summed E-state index contributed by atoms with van der Waals surface area (Å²) in [6.07, 6.45) is 4.67. The summed E-state index contributed by atoms with van der Waals surface area (Å²) in [5.41, 5.74) is 0.0724. The quantitative estimate of drug-likeness (QED) is 0.758. The molecule has 22 heavy (non-hydrogen) atoms. The van der Waals surface area contributed by atoms with Gasteiger partial charge in [-0.25, -0.2) is 9.97 Å². The first kappa shape index (κ1) is 15.3. The van der Waals surface area contributed by atoms with Crippen molar-refractivity contribution in [3.05, 3.63) is 18.7 Å². The minimum atomic E-state index is -0.588. The van der Waals surface area contributed by atoms with Gasteiger partial charge in [-0.1, -0.05) is 0 Å². The van der Waals surface area contributed by atoms with Crippen LogP contribution >= 0.6 is 0 Å². The van der Waals surface area contributed by atoms with Crippen molar-refractivity contribution in [2.24, 2.45) is 0 Å². The summed E-state index contributed by atoms with van der Waals surface area (Å²) in [4.78, 5) is 23.9. The third-order valence-electron chi connectivity index (χ3n) is 3.95. The number of aromatic nitrogens is 2. The number of aliphatic hydroxyl groups is 1. The normalized spacial score (nSPS) is 27.1. The van der Waals surface area contributed by atoms with Gasteiger partial charge in [-0.3, -0.25) is 9.69 Å². The van der Waals surface area contributed by atoms with Gasteiger partial charge in [0.15, 0.2) is 0 Å². The maximum Gasteiger partial charge on any atom is 0.253 e. The lowest BCUT2D eigenvalue weighted by molar-refractivity contribution is -0.146. The number of nitrogens with zero attached hydrogens (tertiary/aromatic N) is 4. The molecular weight excluding hydrogens is 288 g/mol. The molecule has 1 N–H and O–H groups in total. The van der Waals surface area contributed by atoms with Crippen molar-refractivity contribution in [3.8, 4) is 0 Å². The van der Waals surface area contributed by atoms with E-state index in [4.69, 9.17) is 14.6 Å². The third-order valence-corrected chi connectivity index (χ3v) is 3.95. The molecule has 2 aliphatic heterocycles. The van der Waals surface area contributed by atoms with Crippen LogP contribution in [0, 0.1) is 0 Å². The van der Waals surface area contributed by atoms with Gasteiger partial charge in [0, 0.05) is 19.6 Å². The van der Waals surface area contributed by atoms with Crippen LogP contribution in [0.15, 0.2) is 18.7 Å². The van der Waals surface area contributed by atoms with Crippen molar-refractivity contribution < 1.29 is 19.4 Å². The molecule has 3 rings (SSSR count). The second-order valence-electron chi connectivity index (χ2n) is 5.60.